The quantitative estimate of drug-likeness (QED) is 0.611. The second-order valence-corrected chi connectivity index (χ2v) is 6.08. The SMILES string of the molecule is CNC(=O)c1cnc2ccc(-c3ccccc3-c3cccc(C)n3)cn12.[HH]. The first-order valence-corrected chi connectivity index (χ1v) is 8.40. The van der Waals surface area contributed by atoms with E-state index in [0.29, 0.717) is 5.69 Å². The molecule has 0 unspecified atom stereocenters. The fourth-order valence-corrected chi connectivity index (χ4v) is 3.09. The highest BCUT2D eigenvalue weighted by molar-refractivity contribution is 5.93. The Morgan fingerprint density at radius 1 is 1.04 bits per heavy atom. The third-order valence-corrected chi connectivity index (χ3v) is 4.37. The van der Waals surface area contributed by atoms with Gasteiger partial charge in [-0.1, -0.05) is 30.3 Å². The van der Waals surface area contributed by atoms with Crippen LogP contribution >= 0.6 is 0 Å². The van der Waals surface area contributed by atoms with E-state index in [1.165, 1.54) is 0 Å². The highest BCUT2D eigenvalue weighted by atomic mass is 16.1. The molecule has 0 radical (unpaired) electrons. The number of fused-ring (bicyclic) bond motifs is 1. The molecule has 1 amide bonds. The first-order chi connectivity index (χ1) is 12.7. The van der Waals surface area contributed by atoms with Crippen molar-refractivity contribution < 1.29 is 6.22 Å². The molecule has 3 aromatic heterocycles. The van der Waals surface area contributed by atoms with Crippen LogP contribution in [0.15, 0.2) is 67.0 Å². The first-order valence-electron chi connectivity index (χ1n) is 8.40. The van der Waals surface area contributed by atoms with E-state index in [9.17, 15) is 4.79 Å². The molecule has 0 saturated heterocycles. The van der Waals surface area contributed by atoms with Crippen LogP contribution in [0.3, 0.4) is 0 Å². The number of benzene rings is 1. The first kappa shape index (κ1) is 16.0. The van der Waals surface area contributed by atoms with Gasteiger partial charge in [0.15, 0.2) is 0 Å². The number of hydrogen-bond acceptors (Lipinski definition) is 3. The fraction of sp³-hybridized carbons (Fsp3) is 0.0952. The molecule has 0 aliphatic carbocycles. The second kappa shape index (κ2) is 6.44. The van der Waals surface area contributed by atoms with Gasteiger partial charge in [-0.05, 0) is 42.3 Å². The van der Waals surface area contributed by atoms with Crippen LogP contribution in [-0.2, 0) is 0 Å². The van der Waals surface area contributed by atoms with E-state index in [1.54, 1.807) is 13.2 Å². The van der Waals surface area contributed by atoms with Crippen LogP contribution in [0.5, 0.6) is 0 Å². The lowest BCUT2D eigenvalue weighted by Gasteiger charge is -2.11. The summed E-state index contributed by atoms with van der Waals surface area (Å²) in [6.45, 7) is 1.99. The number of pyridine rings is 2. The third kappa shape index (κ3) is 2.73. The van der Waals surface area contributed by atoms with Crippen molar-refractivity contribution in [1.29, 1.82) is 0 Å². The number of nitrogens with zero attached hydrogens (tertiary/aromatic N) is 3. The van der Waals surface area contributed by atoms with Crippen molar-refractivity contribution in [3.05, 3.63) is 78.4 Å². The number of hydrogen-bond donors (Lipinski definition) is 1. The van der Waals surface area contributed by atoms with E-state index in [2.05, 4.69) is 27.4 Å². The van der Waals surface area contributed by atoms with Crippen molar-refractivity contribution in [2.45, 2.75) is 6.92 Å². The Balaban J connectivity index is 0.00000210. The van der Waals surface area contributed by atoms with E-state index >= 15 is 0 Å². The third-order valence-electron chi connectivity index (χ3n) is 4.37. The molecule has 130 valence electrons. The zero-order valence-electron chi connectivity index (χ0n) is 14.6. The lowest BCUT2D eigenvalue weighted by molar-refractivity contribution is 0.0957. The fourth-order valence-electron chi connectivity index (χ4n) is 3.09. The average molecular weight is 344 g/mol. The number of amides is 1. The number of carbonyl (C=O) groups excluding carboxylic acids is 1. The van der Waals surface area contributed by atoms with Crippen LogP contribution in [-0.4, -0.2) is 27.3 Å². The molecule has 0 saturated carbocycles. The summed E-state index contributed by atoms with van der Waals surface area (Å²) < 4.78 is 1.81. The molecular weight excluding hydrogens is 324 g/mol. The van der Waals surface area contributed by atoms with Crippen molar-refractivity contribution in [3.63, 3.8) is 0 Å². The molecule has 0 fully saturated rings. The number of rotatable bonds is 3. The van der Waals surface area contributed by atoms with Crippen molar-refractivity contribution in [2.75, 3.05) is 7.05 Å². The van der Waals surface area contributed by atoms with E-state index < -0.39 is 0 Å². The number of imidazole rings is 1. The van der Waals surface area contributed by atoms with Gasteiger partial charge in [-0.25, -0.2) is 4.98 Å². The molecule has 0 aliphatic rings. The minimum Gasteiger partial charge on any atom is -0.354 e. The minimum absolute atomic E-state index is 0. The van der Waals surface area contributed by atoms with Gasteiger partial charge in [0.05, 0.1) is 11.9 Å². The number of aromatic nitrogens is 3. The maximum atomic E-state index is 12.1. The maximum Gasteiger partial charge on any atom is 0.269 e. The zero-order valence-corrected chi connectivity index (χ0v) is 14.6. The predicted molar refractivity (Wildman–Crippen MR) is 104 cm³/mol. The summed E-state index contributed by atoms with van der Waals surface area (Å²) in [5.74, 6) is -0.164. The van der Waals surface area contributed by atoms with Crippen molar-refractivity contribution in [1.82, 2.24) is 19.7 Å². The van der Waals surface area contributed by atoms with Crippen molar-refractivity contribution in [3.8, 4) is 22.4 Å². The number of aryl methyl sites for hydroxylation is 1. The van der Waals surface area contributed by atoms with Gasteiger partial charge in [-0.15, -0.1) is 0 Å². The van der Waals surface area contributed by atoms with Crippen LogP contribution in [0.2, 0.25) is 0 Å². The van der Waals surface area contributed by atoms with Gasteiger partial charge in [-0.2, -0.15) is 0 Å². The lowest BCUT2D eigenvalue weighted by Crippen LogP contribution is -2.19. The Bertz CT molecular complexity index is 1120. The standard InChI is InChI=1S/C21H18N4O.H2/c1-14-6-5-9-18(24-14)17-8-4-3-7-16(17)15-10-11-20-23-12-19(21(26)22-2)25(20)13-15;/h3-13H,1-2H3,(H,22,26);1H. The Morgan fingerprint density at radius 2 is 1.85 bits per heavy atom. The summed E-state index contributed by atoms with van der Waals surface area (Å²) in [7, 11) is 1.62. The second-order valence-electron chi connectivity index (χ2n) is 6.08. The summed E-state index contributed by atoms with van der Waals surface area (Å²) in [6, 6.07) is 18.1. The molecule has 26 heavy (non-hydrogen) atoms. The zero-order chi connectivity index (χ0) is 18.1. The summed E-state index contributed by atoms with van der Waals surface area (Å²) in [6.07, 6.45) is 3.54. The van der Waals surface area contributed by atoms with E-state index in [-0.39, 0.29) is 7.33 Å². The summed E-state index contributed by atoms with van der Waals surface area (Å²) >= 11 is 0. The number of carbonyl (C=O) groups is 1. The molecule has 5 heteroatoms. The smallest absolute Gasteiger partial charge is 0.269 e. The molecule has 0 atom stereocenters. The topological polar surface area (TPSA) is 59.3 Å². The summed E-state index contributed by atoms with van der Waals surface area (Å²) in [4.78, 5) is 21.0. The van der Waals surface area contributed by atoms with Gasteiger partial charge in [0.1, 0.15) is 11.3 Å². The molecule has 4 rings (SSSR count). The Kier molecular flexibility index (Phi) is 3.97. The average Bonchev–Trinajstić information content (AvgIpc) is 3.10. The highest BCUT2D eigenvalue weighted by Crippen LogP contribution is 2.31. The van der Waals surface area contributed by atoms with Gasteiger partial charge < -0.3 is 5.32 Å². The Morgan fingerprint density at radius 3 is 2.62 bits per heavy atom. The van der Waals surface area contributed by atoms with Gasteiger partial charge in [-0.3, -0.25) is 14.2 Å². The normalized spacial score (nSPS) is 10.8. The van der Waals surface area contributed by atoms with Crippen LogP contribution in [0.1, 0.15) is 17.6 Å². The Labute approximate surface area is 152 Å². The molecule has 1 aromatic carbocycles. The van der Waals surface area contributed by atoms with E-state index in [4.69, 9.17) is 0 Å². The lowest BCUT2D eigenvalue weighted by atomic mass is 9.98. The van der Waals surface area contributed by atoms with Crippen molar-refractivity contribution in [2.24, 2.45) is 0 Å². The van der Waals surface area contributed by atoms with Crippen LogP contribution in [0, 0.1) is 6.92 Å². The molecule has 1 N–H and O–H groups in total. The summed E-state index contributed by atoms with van der Waals surface area (Å²) in [5, 5.41) is 2.65. The summed E-state index contributed by atoms with van der Waals surface area (Å²) in [5.41, 5.74) is 6.26. The largest absolute Gasteiger partial charge is 0.354 e. The maximum absolute atomic E-state index is 12.1. The van der Waals surface area contributed by atoms with Crippen LogP contribution < -0.4 is 5.32 Å². The van der Waals surface area contributed by atoms with Gasteiger partial charge in [0.2, 0.25) is 0 Å². The van der Waals surface area contributed by atoms with Gasteiger partial charge in [0, 0.05) is 25.9 Å². The van der Waals surface area contributed by atoms with Gasteiger partial charge in [0.25, 0.3) is 5.91 Å². The predicted octanol–water partition coefficient (Wildman–Crippen LogP) is 3.98. The molecule has 5 nitrogen and oxygen atoms in total. The highest BCUT2D eigenvalue weighted by Gasteiger charge is 2.13. The molecule has 4 aromatic rings. The van der Waals surface area contributed by atoms with Crippen molar-refractivity contribution >= 4 is 11.6 Å². The Hall–Kier alpha value is -3.47. The molecule has 0 aliphatic heterocycles. The molecule has 0 spiro atoms. The van der Waals surface area contributed by atoms with Crippen LogP contribution in [0.25, 0.3) is 28.0 Å². The van der Waals surface area contributed by atoms with Gasteiger partial charge >= 0.3 is 0 Å². The molecule has 3 heterocycles. The van der Waals surface area contributed by atoms with Crippen LogP contribution in [0.4, 0.5) is 0 Å². The molecule has 0 bridgehead atoms. The van der Waals surface area contributed by atoms with E-state index in [0.717, 1.165) is 33.7 Å². The minimum atomic E-state index is -0.164. The number of nitrogens with one attached hydrogen (secondary N) is 1. The van der Waals surface area contributed by atoms with E-state index in [1.807, 2.05) is 60.0 Å². The molecular formula is C21H20N4O. The monoisotopic (exact) mass is 344 g/mol.